The van der Waals surface area contributed by atoms with E-state index in [2.05, 4.69) is 78.3 Å². The first kappa shape index (κ1) is 118. The molecule has 0 saturated carbocycles. The van der Waals surface area contributed by atoms with Gasteiger partial charge in [0.15, 0.2) is 0 Å². The summed E-state index contributed by atoms with van der Waals surface area (Å²) >= 11 is 9.12. The fourth-order valence-corrected chi connectivity index (χ4v) is 15.2. The lowest BCUT2D eigenvalue weighted by Gasteiger charge is -2.27. The third-order valence-electron chi connectivity index (χ3n) is 20.7. The molecule has 0 radical (unpaired) electrons. The van der Waals surface area contributed by atoms with Crippen LogP contribution < -0.4 is 71.4 Å². The minimum Gasteiger partial charge on any atom is -0.496 e. The molecule has 0 atom stereocenters. The number of nitrogens with one attached hydrogen (secondary N) is 5. The highest BCUT2D eigenvalue weighted by molar-refractivity contribution is 9.10. The number of anilines is 8. The highest BCUT2D eigenvalue weighted by Crippen LogP contribution is 2.48. The predicted octanol–water partition coefficient (Wildman–Crippen LogP) is 23.7. The van der Waals surface area contributed by atoms with Crippen LogP contribution in [0.25, 0.3) is 55.6 Å². The highest BCUT2D eigenvalue weighted by Gasteiger charge is 2.34. The Hall–Kier alpha value is -17.2. The Balaban J connectivity index is 0.000000224. The lowest BCUT2D eigenvalue weighted by Crippen LogP contribution is -2.33. The Morgan fingerprint density at radius 1 is 0.373 bits per heavy atom. The fraction of sp³-hybridized carbons (Fsp3) is 0.347. The van der Waals surface area contributed by atoms with Crippen molar-refractivity contribution in [3.05, 3.63) is 235 Å². The van der Waals surface area contributed by atoms with Crippen molar-refractivity contribution in [2.45, 2.75) is 188 Å². The molecule has 13 rings (SSSR count). The maximum atomic E-state index is 13.0. The number of aromatic nitrogens is 7. The normalized spacial score (nSPS) is 10.9. The first-order valence-corrected chi connectivity index (χ1v) is 46.7. The van der Waals surface area contributed by atoms with E-state index in [1.54, 1.807) is 155 Å². The van der Waals surface area contributed by atoms with Gasteiger partial charge in [-0.1, -0.05) is 37.9 Å². The monoisotopic (exact) mass is 2160 g/mol. The molecule has 0 unspecified atom stereocenters. The summed E-state index contributed by atoms with van der Waals surface area (Å²) in [4.78, 5) is 114. The zero-order chi connectivity index (χ0) is 112. The SMILES string of the molecule is COc1cc(N(Cc2ccccn2)C(=O)CCl)c(NC(=O)OC(C)(C)C)cc1-c1c(C)noc1C.COc1cc(NCc2ccccn2)c(NC(=O)OC(C)(C)C)cc1-c1c(C)noc1C.COc1cc([N+](=O)[O-])c(N)cc1-c1c(C)noc1C.COc1cc([N+](=O)[O-])c(N)cc1Br.COc1cc([N+](=O)[O-])c(NC(=O)OC(C)(C)C)cc1-c1c(C)noc1C.COc1cc([N+](=O)[O-])c(NC(=O)OC(C)(C)C)cc1-c1c(C)noc1C. The first-order valence-electron chi connectivity index (χ1n) is 45.4. The number of ether oxygens (including phenoxy) is 10. The second-order valence-corrected chi connectivity index (χ2v) is 37.7. The van der Waals surface area contributed by atoms with Crippen LogP contribution in [0.15, 0.2) is 149 Å². The van der Waals surface area contributed by atoms with Gasteiger partial charge >= 0.3 is 24.4 Å². The number of aryl methyl sites for hydroxylation is 10. The molecule has 13 aromatic rings. The Morgan fingerprint density at radius 3 is 0.953 bits per heavy atom. The summed E-state index contributed by atoms with van der Waals surface area (Å²) in [6.45, 7) is 39.3. The summed E-state index contributed by atoms with van der Waals surface area (Å²) < 4.78 is 79.9. The minimum atomic E-state index is -0.796. The Morgan fingerprint density at radius 2 is 0.653 bits per heavy atom. The standard InChI is InChI=1S/C25H29ClN4O5.C23H28N4O4.2C17H21N3O6.C12H13N3O4.C7H7BrN2O3/c1-15-23(16(2)35-29-15)18-11-19(28-24(32)34-25(3,4)5)20(12-21(18)33-6)30(22(31)13-26)14-17-9-7-8-10-27-17;1-14-21(15(2)31-27-14)17-11-19(26-22(28)30-23(3,4)5)18(12-20(17)29-6)25-13-16-9-7-8-10-24-16;2*1-9-15(10(2)26-19-9)11-7-12(18-16(21)25-17(3,4)5)13(20(22)23)8-14(11)24-6;1-6-12(7(2)19-14-6)8-4-9(13)10(15(16)17)5-11(8)18-3;1-13-7-3-6(10(11)12)5(9)2-4(7)8/h7-12H,13-14H2,1-6H3,(H,28,32);7-12,25H,13H2,1-6H3,(H,26,28);2*7-8H,1-6H3,(H,18,21);4-5H,13H2,1-3H3;2-3H,9H2,1H3. The molecule has 150 heavy (non-hydrogen) atoms. The highest BCUT2D eigenvalue weighted by atomic mass is 79.9. The molecular formula is C101H119BrClN19O28. The van der Waals surface area contributed by atoms with Crippen LogP contribution in [-0.2, 0) is 36.8 Å². The Bertz CT molecular complexity index is 6820. The van der Waals surface area contributed by atoms with Gasteiger partial charge in [-0.3, -0.25) is 76.5 Å². The van der Waals surface area contributed by atoms with E-state index in [0.717, 1.165) is 33.6 Å². The summed E-state index contributed by atoms with van der Waals surface area (Å²) in [5.41, 5.74) is 20.7. The lowest BCUT2D eigenvalue weighted by atomic mass is 10.0. The molecule has 9 N–H and O–H groups in total. The molecule has 0 aliphatic carbocycles. The quantitative estimate of drug-likeness (QED) is 0.00870. The van der Waals surface area contributed by atoms with Crippen LogP contribution in [0.2, 0.25) is 0 Å². The van der Waals surface area contributed by atoms with Crippen LogP contribution in [0.1, 0.15) is 152 Å². The average molecular weight is 2160 g/mol. The van der Waals surface area contributed by atoms with Gasteiger partial charge in [0.25, 0.3) is 22.7 Å². The van der Waals surface area contributed by atoms with E-state index in [4.69, 9.17) is 93.1 Å². The largest absolute Gasteiger partial charge is 0.496 e. The van der Waals surface area contributed by atoms with Crippen molar-refractivity contribution < 1.29 is 114 Å². The van der Waals surface area contributed by atoms with Crippen molar-refractivity contribution in [3.8, 4) is 90.1 Å². The van der Waals surface area contributed by atoms with Crippen molar-refractivity contribution in [3.63, 3.8) is 0 Å². The average Bonchev–Trinajstić information content (AvgIpc) is 0.818. The third kappa shape index (κ3) is 31.9. The fourth-order valence-electron chi connectivity index (χ4n) is 14.5. The number of hydrogen-bond acceptors (Lipinski definition) is 38. The number of nitrogens with zero attached hydrogens (tertiary/aromatic N) is 12. The second-order valence-electron chi connectivity index (χ2n) is 36.6. The summed E-state index contributed by atoms with van der Waals surface area (Å²) in [7, 11) is 8.80. The van der Waals surface area contributed by atoms with E-state index in [1.807, 2.05) is 77.9 Å². The number of nitro benzene ring substituents is 4. The van der Waals surface area contributed by atoms with E-state index >= 15 is 0 Å². The van der Waals surface area contributed by atoms with Gasteiger partial charge in [0.2, 0.25) is 5.91 Å². The third-order valence-corrected chi connectivity index (χ3v) is 21.6. The summed E-state index contributed by atoms with van der Waals surface area (Å²) in [6.07, 6.45) is 0.552. The van der Waals surface area contributed by atoms with Gasteiger partial charge in [0.05, 0.1) is 195 Å². The van der Waals surface area contributed by atoms with Crippen LogP contribution in [-0.4, -0.2) is 157 Å². The number of alkyl halides is 1. The number of nitrogen functional groups attached to an aromatic ring is 2. The molecule has 0 saturated heterocycles. The molecule has 800 valence electrons. The molecule has 0 aliphatic rings. The topological polar surface area (TPSA) is 622 Å². The van der Waals surface area contributed by atoms with E-state index in [0.29, 0.717) is 147 Å². The van der Waals surface area contributed by atoms with E-state index in [1.165, 1.54) is 89.0 Å². The molecular weight excluding hydrogens is 2040 g/mol. The van der Waals surface area contributed by atoms with Gasteiger partial charge in [0.1, 0.15) is 114 Å². The maximum Gasteiger partial charge on any atom is 0.412 e. The molecule has 7 heterocycles. The van der Waals surface area contributed by atoms with Crippen molar-refractivity contribution in [2.24, 2.45) is 0 Å². The molecule has 49 heteroatoms. The van der Waals surface area contributed by atoms with Crippen LogP contribution in [0.4, 0.5) is 87.4 Å². The van der Waals surface area contributed by atoms with E-state index in [9.17, 15) is 64.4 Å². The number of pyridine rings is 2. The minimum absolute atomic E-state index is 0.0138. The van der Waals surface area contributed by atoms with Crippen LogP contribution in [0.5, 0.6) is 34.5 Å². The zero-order valence-electron chi connectivity index (χ0n) is 87.9. The molecule has 6 aromatic carbocycles. The van der Waals surface area contributed by atoms with Gasteiger partial charge in [0, 0.05) is 52.3 Å². The van der Waals surface area contributed by atoms with Gasteiger partial charge in [-0.15, -0.1) is 11.6 Å². The smallest absolute Gasteiger partial charge is 0.412 e. The number of benzene rings is 6. The molecule has 0 fully saturated rings. The van der Waals surface area contributed by atoms with Crippen molar-refractivity contribution in [1.29, 1.82) is 0 Å². The van der Waals surface area contributed by atoms with E-state index < -0.39 is 66.5 Å². The summed E-state index contributed by atoms with van der Waals surface area (Å²) in [6, 6.07) is 29.1. The Labute approximate surface area is 875 Å². The summed E-state index contributed by atoms with van der Waals surface area (Å²) in [5.74, 6) is 4.60. The Kier molecular flexibility index (Phi) is 40.3. The number of carbonyl (C=O) groups excluding carboxylic acids is 5. The second kappa shape index (κ2) is 51.2. The predicted molar refractivity (Wildman–Crippen MR) is 563 cm³/mol. The molecule has 7 aromatic heterocycles. The number of carbonyl (C=O) groups is 5. The number of methoxy groups -OCH3 is 6. The number of rotatable bonds is 26. The lowest BCUT2D eigenvalue weighted by molar-refractivity contribution is -0.384. The number of hydrogen-bond donors (Lipinski definition) is 7. The molecule has 0 spiro atoms. The van der Waals surface area contributed by atoms with E-state index in [-0.39, 0.29) is 75.3 Å². The van der Waals surface area contributed by atoms with Crippen molar-refractivity contribution >= 4 is 126 Å². The first-order chi connectivity index (χ1) is 70.3. The number of halogens is 2. The molecule has 0 aliphatic heterocycles. The molecule has 47 nitrogen and oxygen atoms in total. The van der Waals surface area contributed by atoms with Crippen LogP contribution in [0.3, 0.4) is 0 Å². The molecule has 0 bridgehead atoms. The van der Waals surface area contributed by atoms with Gasteiger partial charge in [-0.2, -0.15) is 0 Å². The van der Waals surface area contributed by atoms with Crippen LogP contribution in [0, 0.1) is 110 Å². The number of amides is 5. The van der Waals surface area contributed by atoms with Crippen LogP contribution >= 0.6 is 27.5 Å². The number of nitrogens with two attached hydrogens (primary N) is 2. The summed E-state index contributed by atoms with van der Waals surface area (Å²) in [5, 5.41) is 77.7. The number of nitro groups is 4. The van der Waals surface area contributed by atoms with Gasteiger partial charge in [-0.05, 0) is 229 Å². The molecule has 5 amide bonds. The van der Waals surface area contributed by atoms with Gasteiger partial charge < -0.3 is 91.7 Å². The van der Waals surface area contributed by atoms with Crippen molar-refractivity contribution in [1.82, 2.24) is 35.8 Å². The zero-order valence-corrected chi connectivity index (χ0v) is 90.2. The van der Waals surface area contributed by atoms with Crippen molar-refractivity contribution in [2.75, 3.05) is 91.5 Å². The van der Waals surface area contributed by atoms with Gasteiger partial charge in [-0.25, -0.2) is 19.2 Å². The maximum absolute atomic E-state index is 13.0.